The van der Waals surface area contributed by atoms with Gasteiger partial charge in [0, 0.05) is 32.4 Å². The molecule has 0 spiro atoms. The van der Waals surface area contributed by atoms with Crippen LogP contribution in [0.15, 0.2) is 18.3 Å². The molecule has 0 aromatic carbocycles. The van der Waals surface area contributed by atoms with Crippen LogP contribution in [-0.4, -0.2) is 44.4 Å². The van der Waals surface area contributed by atoms with Crippen molar-refractivity contribution in [3.63, 3.8) is 0 Å². The van der Waals surface area contributed by atoms with E-state index in [1.54, 1.807) is 19.4 Å². The van der Waals surface area contributed by atoms with Gasteiger partial charge in [0.05, 0.1) is 12.2 Å². The minimum Gasteiger partial charge on any atom is -0.383 e. The number of anilines is 1. The second-order valence-electron chi connectivity index (χ2n) is 4.72. The van der Waals surface area contributed by atoms with Crippen molar-refractivity contribution in [2.24, 2.45) is 0 Å². The molecule has 0 aliphatic carbocycles. The molecule has 1 atom stereocenters. The van der Waals surface area contributed by atoms with Crippen molar-refractivity contribution in [1.29, 1.82) is 5.26 Å². The number of methoxy groups -OCH3 is 1. The summed E-state index contributed by atoms with van der Waals surface area (Å²) in [4.78, 5) is 6.51. The fourth-order valence-corrected chi connectivity index (χ4v) is 2.40. The summed E-state index contributed by atoms with van der Waals surface area (Å²) in [5, 5.41) is 12.7. The third-order valence-electron chi connectivity index (χ3n) is 3.38. The SMILES string of the molecule is COCCN(CC1CCCN1)c1ncccc1C#N. The van der Waals surface area contributed by atoms with Gasteiger partial charge in [-0.15, -0.1) is 0 Å². The molecule has 0 bridgehead atoms. The number of hydrogen-bond donors (Lipinski definition) is 1. The maximum absolute atomic E-state index is 9.19. The van der Waals surface area contributed by atoms with Crippen LogP contribution in [0.4, 0.5) is 5.82 Å². The Labute approximate surface area is 114 Å². The summed E-state index contributed by atoms with van der Waals surface area (Å²) >= 11 is 0. The van der Waals surface area contributed by atoms with E-state index in [0.29, 0.717) is 18.2 Å². The smallest absolute Gasteiger partial charge is 0.146 e. The highest BCUT2D eigenvalue weighted by molar-refractivity contribution is 5.53. The van der Waals surface area contributed by atoms with Gasteiger partial charge in [-0.2, -0.15) is 5.26 Å². The van der Waals surface area contributed by atoms with Crippen LogP contribution in [0.25, 0.3) is 0 Å². The van der Waals surface area contributed by atoms with Crippen molar-refractivity contribution in [2.75, 3.05) is 38.3 Å². The summed E-state index contributed by atoms with van der Waals surface area (Å²) in [5.41, 5.74) is 0.622. The predicted molar refractivity (Wildman–Crippen MR) is 74.1 cm³/mol. The van der Waals surface area contributed by atoms with E-state index in [4.69, 9.17) is 4.74 Å². The summed E-state index contributed by atoms with van der Waals surface area (Å²) in [6.07, 6.45) is 4.13. The Kier molecular flexibility index (Phi) is 5.13. The largest absolute Gasteiger partial charge is 0.383 e. The highest BCUT2D eigenvalue weighted by Gasteiger charge is 2.20. The molecule has 102 valence electrons. The Balaban J connectivity index is 2.13. The summed E-state index contributed by atoms with van der Waals surface area (Å²) < 4.78 is 5.16. The molecule has 1 fully saturated rings. The number of pyridine rings is 1. The molecule has 1 aromatic rings. The number of ether oxygens (including phenoxy) is 1. The highest BCUT2D eigenvalue weighted by atomic mass is 16.5. The Hall–Kier alpha value is -1.64. The van der Waals surface area contributed by atoms with Crippen LogP contribution in [0.5, 0.6) is 0 Å². The molecular weight excluding hydrogens is 240 g/mol. The van der Waals surface area contributed by atoms with Gasteiger partial charge in [0.1, 0.15) is 11.9 Å². The van der Waals surface area contributed by atoms with Gasteiger partial charge in [0.25, 0.3) is 0 Å². The predicted octanol–water partition coefficient (Wildman–Crippen LogP) is 1.16. The zero-order chi connectivity index (χ0) is 13.5. The van der Waals surface area contributed by atoms with Gasteiger partial charge in [-0.3, -0.25) is 0 Å². The van der Waals surface area contributed by atoms with Crippen molar-refractivity contribution in [3.05, 3.63) is 23.9 Å². The topological polar surface area (TPSA) is 61.2 Å². The van der Waals surface area contributed by atoms with Crippen molar-refractivity contribution in [3.8, 4) is 6.07 Å². The maximum Gasteiger partial charge on any atom is 0.146 e. The lowest BCUT2D eigenvalue weighted by molar-refractivity contribution is 0.204. The van der Waals surface area contributed by atoms with E-state index in [2.05, 4.69) is 21.3 Å². The number of nitrogens with zero attached hydrogens (tertiary/aromatic N) is 3. The van der Waals surface area contributed by atoms with Gasteiger partial charge in [0.15, 0.2) is 0 Å². The maximum atomic E-state index is 9.19. The molecule has 5 heteroatoms. The summed E-state index contributed by atoms with van der Waals surface area (Å²) in [6.45, 7) is 3.33. The summed E-state index contributed by atoms with van der Waals surface area (Å²) in [7, 11) is 1.69. The Morgan fingerprint density at radius 2 is 2.53 bits per heavy atom. The minimum absolute atomic E-state index is 0.477. The molecule has 0 amide bonds. The van der Waals surface area contributed by atoms with Gasteiger partial charge in [-0.1, -0.05) is 0 Å². The third-order valence-corrected chi connectivity index (χ3v) is 3.38. The van der Waals surface area contributed by atoms with E-state index in [1.807, 2.05) is 6.07 Å². The van der Waals surface area contributed by atoms with Crippen LogP contribution in [-0.2, 0) is 4.74 Å². The Morgan fingerprint density at radius 1 is 1.63 bits per heavy atom. The van der Waals surface area contributed by atoms with Crippen LogP contribution in [0.3, 0.4) is 0 Å². The molecule has 1 aliphatic heterocycles. The Bertz CT molecular complexity index is 437. The minimum atomic E-state index is 0.477. The van der Waals surface area contributed by atoms with Crippen molar-refractivity contribution >= 4 is 5.82 Å². The number of rotatable bonds is 6. The fourth-order valence-electron chi connectivity index (χ4n) is 2.40. The second kappa shape index (κ2) is 7.07. The molecule has 0 saturated carbocycles. The third kappa shape index (κ3) is 3.66. The van der Waals surface area contributed by atoms with E-state index in [-0.39, 0.29) is 0 Å². The first-order chi connectivity index (χ1) is 9.35. The van der Waals surface area contributed by atoms with Crippen molar-refractivity contribution in [2.45, 2.75) is 18.9 Å². The lowest BCUT2D eigenvalue weighted by Gasteiger charge is -2.27. The van der Waals surface area contributed by atoms with Crippen LogP contribution in [0.1, 0.15) is 18.4 Å². The van der Waals surface area contributed by atoms with Crippen molar-refractivity contribution in [1.82, 2.24) is 10.3 Å². The van der Waals surface area contributed by atoms with E-state index in [9.17, 15) is 5.26 Å². The van der Waals surface area contributed by atoms with Crippen molar-refractivity contribution < 1.29 is 4.74 Å². The zero-order valence-corrected chi connectivity index (χ0v) is 11.3. The summed E-state index contributed by atoms with van der Waals surface area (Å²) in [6, 6.07) is 6.29. The number of aromatic nitrogens is 1. The molecule has 1 N–H and O–H groups in total. The first-order valence-electron chi connectivity index (χ1n) is 6.67. The molecule has 2 rings (SSSR count). The lowest BCUT2D eigenvalue weighted by Crippen LogP contribution is -2.40. The molecule has 19 heavy (non-hydrogen) atoms. The van der Waals surface area contributed by atoms with Crippen LogP contribution in [0.2, 0.25) is 0 Å². The first kappa shape index (κ1) is 13.8. The molecule has 1 saturated heterocycles. The molecule has 1 aromatic heterocycles. The van der Waals surface area contributed by atoms with Gasteiger partial charge in [-0.25, -0.2) is 4.98 Å². The van der Waals surface area contributed by atoms with E-state index >= 15 is 0 Å². The quantitative estimate of drug-likeness (QED) is 0.831. The van der Waals surface area contributed by atoms with Gasteiger partial charge in [-0.05, 0) is 31.5 Å². The standard InChI is InChI=1S/C14H20N4O/c1-19-9-8-18(11-13-5-3-6-16-13)14-12(10-15)4-2-7-17-14/h2,4,7,13,16H,3,5-6,8-9,11H2,1H3. The fraction of sp³-hybridized carbons (Fsp3) is 0.571. The van der Waals surface area contributed by atoms with Gasteiger partial charge < -0.3 is 15.0 Å². The van der Waals surface area contributed by atoms with E-state index < -0.39 is 0 Å². The summed E-state index contributed by atoms with van der Waals surface area (Å²) in [5.74, 6) is 0.760. The Morgan fingerprint density at radius 3 is 3.21 bits per heavy atom. The molecular formula is C14H20N4O. The number of nitriles is 1. The zero-order valence-electron chi connectivity index (χ0n) is 11.3. The van der Waals surface area contributed by atoms with Crippen LogP contribution >= 0.6 is 0 Å². The van der Waals surface area contributed by atoms with Crippen LogP contribution in [0, 0.1) is 11.3 Å². The molecule has 0 radical (unpaired) electrons. The van der Waals surface area contributed by atoms with Gasteiger partial charge in [0.2, 0.25) is 0 Å². The average Bonchev–Trinajstić information content (AvgIpc) is 2.96. The molecule has 2 heterocycles. The molecule has 5 nitrogen and oxygen atoms in total. The van der Waals surface area contributed by atoms with E-state index in [1.165, 1.54) is 12.8 Å². The average molecular weight is 260 g/mol. The molecule has 1 aliphatic rings. The monoisotopic (exact) mass is 260 g/mol. The molecule has 1 unspecified atom stereocenters. The highest BCUT2D eigenvalue weighted by Crippen LogP contribution is 2.18. The first-order valence-corrected chi connectivity index (χ1v) is 6.67. The number of nitrogens with one attached hydrogen (secondary N) is 1. The van der Waals surface area contributed by atoms with E-state index in [0.717, 1.165) is 25.5 Å². The lowest BCUT2D eigenvalue weighted by atomic mass is 10.2. The van der Waals surface area contributed by atoms with Crippen LogP contribution < -0.4 is 10.2 Å². The van der Waals surface area contributed by atoms with Gasteiger partial charge >= 0.3 is 0 Å². The second-order valence-corrected chi connectivity index (χ2v) is 4.72. The normalized spacial score (nSPS) is 18.2. The number of hydrogen-bond acceptors (Lipinski definition) is 5.